The van der Waals surface area contributed by atoms with Crippen LogP contribution in [0, 0.1) is 0 Å². The largest absolute Gasteiger partial charge is 0.493 e. The normalized spacial score (nSPS) is 13.1. The lowest BCUT2D eigenvalue weighted by Gasteiger charge is -2.20. The van der Waals surface area contributed by atoms with Gasteiger partial charge in [-0.15, -0.1) is 0 Å². The first-order valence-electron chi connectivity index (χ1n) is 7.64. The van der Waals surface area contributed by atoms with E-state index in [9.17, 15) is 13.2 Å². The first-order chi connectivity index (χ1) is 11.0. The molecule has 1 atom stereocenters. The Balaban J connectivity index is 2.37. The van der Waals surface area contributed by atoms with E-state index < -0.39 is 11.7 Å². The summed E-state index contributed by atoms with van der Waals surface area (Å²) < 4.78 is 44.7. The van der Waals surface area contributed by atoms with Gasteiger partial charge in [-0.1, -0.05) is 13.8 Å². The Morgan fingerprint density at radius 1 is 1.26 bits per heavy atom. The Hall–Kier alpha value is -2.05. The smallest absolute Gasteiger partial charge is 0.416 e. The van der Waals surface area contributed by atoms with Crippen LogP contribution in [0.3, 0.4) is 0 Å². The zero-order valence-electron chi connectivity index (χ0n) is 13.2. The van der Waals surface area contributed by atoms with Gasteiger partial charge in [0, 0.05) is 6.42 Å². The lowest BCUT2D eigenvalue weighted by Crippen LogP contribution is -2.11. The molecule has 0 saturated carbocycles. The molecule has 0 aliphatic heterocycles. The summed E-state index contributed by atoms with van der Waals surface area (Å²) in [5, 5.41) is 10.3. The summed E-state index contributed by atoms with van der Waals surface area (Å²) in [6, 6.07) is 3.68. The van der Waals surface area contributed by atoms with Gasteiger partial charge in [0.25, 0.3) is 0 Å². The number of benzene rings is 1. The molecule has 0 saturated heterocycles. The molecular formula is C16H20F3N3O. The van der Waals surface area contributed by atoms with E-state index in [0.29, 0.717) is 30.8 Å². The molecule has 0 fully saturated rings. The van der Waals surface area contributed by atoms with Crippen LogP contribution < -0.4 is 4.74 Å². The van der Waals surface area contributed by atoms with Crippen LogP contribution in [0.2, 0.25) is 0 Å². The van der Waals surface area contributed by atoms with Crippen LogP contribution in [-0.2, 0) is 12.6 Å². The molecule has 0 radical (unpaired) electrons. The van der Waals surface area contributed by atoms with Crippen molar-refractivity contribution in [2.45, 2.75) is 45.2 Å². The Morgan fingerprint density at radius 2 is 2.04 bits per heavy atom. The number of H-pyrrole nitrogens is 1. The van der Waals surface area contributed by atoms with Crippen LogP contribution >= 0.6 is 0 Å². The second-order valence-corrected chi connectivity index (χ2v) is 5.37. The minimum absolute atomic E-state index is 0.116. The van der Waals surface area contributed by atoms with Crippen molar-refractivity contribution in [3.05, 3.63) is 41.2 Å². The summed E-state index contributed by atoms with van der Waals surface area (Å²) in [6.45, 7) is 4.36. The highest BCUT2D eigenvalue weighted by Gasteiger charge is 2.32. The van der Waals surface area contributed by atoms with E-state index in [-0.39, 0.29) is 5.92 Å². The van der Waals surface area contributed by atoms with Gasteiger partial charge in [0.15, 0.2) is 0 Å². The Kier molecular flexibility index (Phi) is 5.63. The Labute approximate surface area is 133 Å². The van der Waals surface area contributed by atoms with Crippen LogP contribution in [0.4, 0.5) is 13.2 Å². The van der Waals surface area contributed by atoms with E-state index in [2.05, 4.69) is 15.4 Å². The number of nitrogens with one attached hydrogen (secondary N) is 1. The summed E-state index contributed by atoms with van der Waals surface area (Å²) in [5.74, 6) is 0.393. The van der Waals surface area contributed by atoms with Gasteiger partial charge in [-0.05, 0) is 42.5 Å². The predicted octanol–water partition coefficient (Wildman–Crippen LogP) is 4.35. The van der Waals surface area contributed by atoms with Gasteiger partial charge in [-0.2, -0.15) is 28.6 Å². The van der Waals surface area contributed by atoms with Crippen LogP contribution in [-0.4, -0.2) is 22.0 Å². The number of alkyl halides is 3. The number of rotatable bonds is 7. The first-order valence-corrected chi connectivity index (χ1v) is 7.64. The van der Waals surface area contributed by atoms with Gasteiger partial charge >= 0.3 is 6.18 Å². The lowest BCUT2D eigenvalue weighted by molar-refractivity contribution is -0.137. The second kappa shape index (κ2) is 7.48. The van der Waals surface area contributed by atoms with Crippen molar-refractivity contribution in [3.63, 3.8) is 0 Å². The molecule has 0 amide bonds. The van der Waals surface area contributed by atoms with Crippen molar-refractivity contribution in [2.75, 3.05) is 6.61 Å². The van der Waals surface area contributed by atoms with Gasteiger partial charge in [0.1, 0.15) is 5.75 Å². The molecule has 0 aliphatic carbocycles. The molecule has 0 aliphatic rings. The zero-order chi connectivity index (χ0) is 16.9. The highest BCUT2D eigenvalue weighted by Crippen LogP contribution is 2.37. The third-order valence-corrected chi connectivity index (χ3v) is 3.65. The van der Waals surface area contributed by atoms with E-state index in [1.54, 1.807) is 6.20 Å². The summed E-state index contributed by atoms with van der Waals surface area (Å²) in [6.07, 6.45) is -0.805. The molecule has 7 heteroatoms. The van der Waals surface area contributed by atoms with Gasteiger partial charge in [-0.25, -0.2) is 0 Å². The molecule has 126 valence electrons. The summed E-state index contributed by atoms with van der Waals surface area (Å²) in [5.41, 5.74) is 0.629. The molecule has 0 bridgehead atoms. The van der Waals surface area contributed by atoms with Crippen molar-refractivity contribution in [2.24, 2.45) is 0 Å². The van der Waals surface area contributed by atoms with E-state index >= 15 is 0 Å². The molecule has 23 heavy (non-hydrogen) atoms. The number of aromatic nitrogens is 3. The summed E-state index contributed by atoms with van der Waals surface area (Å²) in [7, 11) is 0. The van der Waals surface area contributed by atoms with Gasteiger partial charge < -0.3 is 4.74 Å². The lowest BCUT2D eigenvalue weighted by atomic mass is 9.90. The van der Waals surface area contributed by atoms with Crippen molar-refractivity contribution in [1.29, 1.82) is 0 Å². The van der Waals surface area contributed by atoms with Gasteiger partial charge in [0.2, 0.25) is 0 Å². The van der Waals surface area contributed by atoms with Crippen LogP contribution in [0.5, 0.6) is 5.75 Å². The number of hydrogen-bond acceptors (Lipinski definition) is 3. The van der Waals surface area contributed by atoms with Crippen LogP contribution in [0.15, 0.2) is 24.4 Å². The third-order valence-electron chi connectivity index (χ3n) is 3.65. The zero-order valence-corrected chi connectivity index (χ0v) is 13.2. The van der Waals surface area contributed by atoms with E-state index in [1.807, 2.05) is 13.8 Å². The topological polar surface area (TPSA) is 50.8 Å². The quantitative estimate of drug-likeness (QED) is 0.822. The number of hydrogen-bond donors (Lipinski definition) is 1. The molecule has 1 heterocycles. The number of ether oxygens (including phenoxy) is 1. The molecule has 1 N–H and O–H groups in total. The van der Waals surface area contributed by atoms with Crippen molar-refractivity contribution >= 4 is 0 Å². The van der Waals surface area contributed by atoms with E-state index in [0.717, 1.165) is 18.2 Å². The fraction of sp³-hybridized carbons (Fsp3) is 0.500. The predicted molar refractivity (Wildman–Crippen MR) is 80.3 cm³/mol. The Bertz CT molecular complexity index is 612. The molecule has 1 aromatic heterocycles. The number of nitrogens with zero attached hydrogens (tertiary/aromatic N) is 2. The second-order valence-electron chi connectivity index (χ2n) is 5.37. The van der Waals surface area contributed by atoms with Gasteiger partial charge in [0.05, 0.1) is 24.1 Å². The SMILES string of the molecule is CCCOc1ccc(C(F)(F)F)cc1C(CC)Cc1cn[nH]n1. The highest BCUT2D eigenvalue weighted by molar-refractivity contribution is 5.41. The average molecular weight is 327 g/mol. The standard InChI is InChI=1S/C16H20F3N3O/c1-3-7-23-15-6-5-12(16(17,18)19)9-14(15)11(4-2)8-13-10-20-22-21-13/h5-6,9-11H,3-4,7-8H2,1-2H3,(H,20,21,22). The summed E-state index contributed by atoms with van der Waals surface area (Å²) >= 11 is 0. The maximum Gasteiger partial charge on any atom is 0.416 e. The third kappa shape index (κ3) is 4.46. The minimum Gasteiger partial charge on any atom is -0.493 e. The van der Waals surface area contributed by atoms with E-state index in [4.69, 9.17) is 4.74 Å². The fourth-order valence-corrected chi connectivity index (χ4v) is 2.44. The molecular weight excluding hydrogens is 307 g/mol. The maximum absolute atomic E-state index is 13.0. The van der Waals surface area contributed by atoms with Crippen LogP contribution in [0.25, 0.3) is 0 Å². The first kappa shape index (κ1) is 17.3. The monoisotopic (exact) mass is 327 g/mol. The van der Waals surface area contributed by atoms with Crippen molar-refractivity contribution in [3.8, 4) is 5.75 Å². The molecule has 1 aromatic carbocycles. The number of halogens is 3. The maximum atomic E-state index is 13.0. The number of aromatic amines is 1. The molecule has 0 spiro atoms. The highest BCUT2D eigenvalue weighted by atomic mass is 19.4. The van der Waals surface area contributed by atoms with E-state index in [1.165, 1.54) is 12.1 Å². The molecule has 4 nitrogen and oxygen atoms in total. The van der Waals surface area contributed by atoms with Gasteiger partial charge in [-0.3, -0.25) is 0 Å². The summed E-state index contributed by atoms with van der Waals surface area (Å²) in [4.78, 5) is 0. The average Bonchev–Trinajstić information content (AvgIpc) is 3.02. The fourth-order valence-electron chi connectivity index (χ4n) is 2.44. The molecule has 2 aromatic rings. The minimum atomic E-state index is -4.37. The molecule has 1 unspecified atom stereocenters. The van der Waals surface area contributed by atoms with Crippen molar-refractivity contribution < 1.29 is 17.9 Å². The van der Waals surface area contributed by atoms with Crippen molar-refractivity contribution in [1.82, 2.24) is 15.4 Å². The molecule has 2 rings (SSSR count). The van der Waals surface area contributed by atoms with Crippen LogP contribution in [0.1, 0.15) is 49.4 Å². The Morgan fingerprint density at radius 3 is 2.61 bits per heavy atom.